The molecule has 2 aliphatic heterocycles. The first-order chi connectivity index (χ1) is 9.49. The Balaban J connectivity index is 1.89. The van der Waals surface area contributed by atoms with Crippen molar-refractivity contribution in [3.05, 3.63) is 29.3 Å². The zero-order valence-electron chi connectivity index (χ0n) is 11.1. The average molecular weight is 273 g/mol. The molecule has 0 aromatic heterocycles. The summed E-state index contributed by atoms with van der Waals surface area (Å²) in [5, 5.41) is 0. The third-order valence-corrected chi connectivity index (χ3v) is 3.96. The fraction of sp³-hybridized carbons (Fsp3) is 0.357. The molecule has 1 saturated heterocycles. The van der Waals surface area contributed by atoms with Crippen LogP contribution >= 0.6 is 0 Å². The molecule has 6 heteroatoms. The van der Waals surface area contributed by atoms with Gasteiger partial charge in [-0.05, 0) is 24.1 Å². The smallest absolute Gasteiger partial charge is 0.255 e. The summed E-state index contributed by atoms with van der Waals surface area (Å²) >= 11 is 0. The highest BCUT2D eigenvalue weighted by Gasteiger charge is 2.41. The lowest BCUT2D eigenvalue weighted by molar-refractivity contribution is -0.150. The van der Waals surface area contributed by atoms with Crippen molar-refractivity contribution < 1.29 is 14.4 Å². The second-order valence-corrected chi connectivity index (χ2v) is 5.20. The molecule has 0 bridgehead atoms. The van der Waals surface area contributed by atoms with Gasteiger partial charge in [-0.15, -0.1) is 0 Å². The first-order valence-corrected chi connectivity index (χ1v) is 6.49. The van der Waals surface area contributed by atoms with Crippen molar-refractivity contribution in [2.45, 2.75) is 25.4 Å². The number of carbonyl (C=O) groups excluding carboxylic acids is 3. The molecule has 0 radical (unpaired) electrons. The number of carbonyl (C=O) groups is 3. The molecule has 6 nitrogen and oxygen atoms in total. The van der Waals surface area contributed by atoms with Gasteiger partial charge in [0.05, 0.1) is 0 Å². The van der Waals surface area contributed by atoms with Crippen LogP contribution in [0, 0.1) is 0 Å². The molecule has 1 atom stereocenters. The van der Waals surface area contributed by atoms with Crippen molar-refractivity contribution in [3.8, 4) is 0 Å². The Morgan fingerprint density at radius 1 is 1.25 bits per heavy atom. The fourth-order valence-electron chi connectivity index (χ4n) is 2.78. The number of anilines is 1. The Morgan fingerprint density at radius 2 is 2.00 bits per heavy atom. The van der Waals surface area contributed by atoms with E-state index in [0.717, 1.165) is 10.5 Å². The number of fused-ring (bicyclic) bond motifs is 1. The summed E-state index contributed by atoms with van der Waals surface area (Å²) in [6, 6.07) is 4.64. The van der Waals surface area contributed by atoms with Gasteiger partial charge in [0.1, 0.15) is 6.04 Å². The topological polar surface area (TPSA) is 83.7 Å². The number of likely N-dealkylation sites (N-methyl/N-ethyl adjacent to an activating group) is 1. The minimum Gasteiger partial charge on any atom is -0.399 e. The van der Waals surface area contributed by atoms with E-state index in [-0.39, 0.29) is 24.1 Å². The van der Waals surface area contributed by atoms with Crippen LogP contribution in [0.15, 0.2) is 18.2 Å². The van der Waals surface area contributed by atoms with Gasteiger partial charge in [-0.1, -0.05) is 6.07 Å². The zero-order valence-corrected chi connectivity index (χ0v) is 11.1. The number of hydrogen-bond acceptors (Lipinski definition) is 4. The van der Waals surface area contributed by atoms with Gasteiger partial charge < -0.3 is 10.6 Å². The number of nitrogen functional groups attached to an aromatic ring is 1. The lowest BCUT2D eigenvalue weighted by atomic mass is 10.0. The van der Waals surface area contributed by atoms with Gasteiger partial charge >= 0.3 is 0 Å². The van der Waals surface area contributed by atoms with E-state index < -0.39 is 6.04 Å². The molecule has 1 aromatic carbocycles. The largest absolute Gasteiger partial charge is 0.399 e. The van der Waals surface area contributed by atoms with E-state index in [9.17, 15) is 14.4 Å². The van der Waals surface area contributed by atoms with Crippen molar-refractivity contribution in [2.75, 3.05) is 12.8 Å². The van der Waals surface area contributed by atoms with Crippen molar-refractivity contribution in [2.24, 2.45) is 0 Å². The normalized spacial score (nSPS) is 22.4. The second kappa shape index (κ2) is 4.33. The molecule has 2 aliphatic rings. The Morgan fingerprint density at radius 3 is 2.75 bits per heavy atom. The number of imide groups is 1. The summed E-state index contributed by atoms with van der Waals surface area (Å²) in [6.45, 7) is 0.396. The predicted octanol–water partition coefficient (Wildman–Crippen LogP) is 0.372. The first kappa shape index (κ1) is 12.7. The molecular weight excluding hydrogens is 258 g/mol. The zero-order chi connectivity index (χ0) is 14.4. The Bertz CT molecular complexity index is 626. The van der Waals surface area contributed by atoms with Crippen LogP contribution in [0.5, 0.6) is 0 Å². The number of nitrogens with zero attached hydrogens (tertiary/aromatic N) is 2. The molecule has 104 valence electrons. The number of amides is 3. The summed E-state index contributed by atoms with van der Waals surface area (Å²) in [5.41, 5.74) is 7.65. The van der Waals surface area contributed by atoms with Gasteiger partial charge in [-0.25, -0.2) is 0 Å². The van der Waals surface area contributed by atoms with E-state index >= 15 is 0 Å². The number of hydrogen-bond donors (Lipinski definition) is 1. The number of piperidine rings is 1. The summed E-state index contributed by atoms with van der Waals surface area (Å²) < 4.78 is 0. The molecule has 3 rings (SSSR count). The van der Waals surface area contributed by atoms with Crippen LogP contribution in [0.3, 0.4) is 0 Å². The van der Waals surface area contributed by atoms with Crippen LogP contribution in [-0.4, -0.2) is 40.6 Å². The quantitative estimate of drug-likeness (QED) is 0.592. The third-order valence-electron chi connectivity index (χ3n) is 3.96. The number of likely N-dealkylation sites (tertiary alicyclic amines) is 1. The average Bonchev–Trinajstić information content (AvgIpc) is 2.74. The molecular formula is C14H15N3O3. The number of nitrogens with two attached hydrogens (primary N) is 1. The van der Waals surface area contributed by atoms with Crippen molar-refractivity contribution >= 4 is 23.4 Å². The van der Waals surface area contributed by atoms with Gasteiger partial charge in [0, 0.05) is 31.3 Å². The molecule has 1 fully saturated rings. The van der Waals surface area contributed by atoms with E-state index in [1.807, 2.05) is 6.07 Å². The Kier molecular flexibility index (Phi) is 2.74. The molecule has 0 spiro atoms. The van der Waals surface area contributed by atoms with Crippen molar-refractivity contribution in [3.63, 3.8) is 0 Å². The van der Waals surface area contributed by atoms with Gasteiger partial charge in [-0.2, -0.15) is 0 Å². The van der Waals surface area contributed by atoms with Crippen molar-refractivity contribution in [1.82, 2.24) is 9.80 Å². The van der Waals surface area contributed by atoms with E-state index in [0.29, 0.717) is 24.2 Å². The lowest BCUT2D eigenvalue weighted by Crippen LogP contribution is -2.53. The fourth-order valence-corrected chi connectivity index (χ4v) is 2.78. The van der Waals surface area contributed by atoms with Crippen LogP contribution in [0.1, 0.15) is 28.8 Å². The van der Waals surface area contributed by atoms with E-state index in [2.05, 4.69) is 0 Å². The maximum absolute atomic E-state index is 12.4. The minimum absolute atomic E-state index is 0.187. The molecule has 1 aromatic rings. The van der Waals surface area contributed by atoms with Crippen LogP contribution in [0.25, 0.3) is 0 Å². The van der Waals surface area contributed by atoms with Gasteiger partial charge in [-0.3, -0.25) is 19.3 Å². The standard InChI is InChI=1S/C14H15N3O3/c1-16-12(18)5-4-11(14(16)20)17-7-8-2-3-9(15)6-10(8)13(17)19/h2-3,6,11H,4-5,7,15H2,1H3. The minimum atomic E-state index is -0.557. The highest BCUT2D eigenvalue weighted by atomic mass is 16.2. The van der Waals surface area contributed by atoms with Crippen LogP contribution < -0.4 is 5.73 Å². The summed E-state index contributed by atoms with van der Waals surface area (Å²) in [6.07, 6.45) is 0.673. The van der Waals surface area contributed by atoms with Crippen LogP contribution in [0.2, 0.25) is 0 Å². The van der Waals surface area contributed by atoms with E-state index in [1.165, 1.54) is 11.9 Å². The molecule has 3 amide bonds. The predicted molar refractivity (Wildman–Crippen MR) is 71.5 cm³/mol. The van der Waals surface area contributed by atoms with Gasteiger partial charge in [0.2, 0.25) is 5.91 Å². The summed E-state index contributed by atoms with van der Waals surface area (Å²) in [7, 11) is 1.46. The third kappa shape index (κ3) is 1.76. The molecule has 2 heterocycles. The molecule has 1 unspecified atom stereocenters. The maximum Gasteiger partial charge on any atom is 0.255 e. The number of rotatable bonds is 1. The molecule has 2 N–H and O–H groups in total. The van der Waals surface area contributed by atoms with Gasteiger partial charge in [0.15, 0.2) is 0 Å². The van der Waals surface area contributed by atoms with Crippen molar-refractivity contribution in [1.29, 1.82) is 0 Å². The highest BCUT2D eigenvalue weighted by molar-refractivity contribution is 6.05. The van der Waals surface area contributed by atoms with E-state index in [4.69, 9.17) is 5.73 Å². The van der Waals surface area contributed by atoms with Gasteiger partial charge in [0.25, 0.3) is 11.8 Å². The molecule has 20 heavy (non-hydrogen) atoms. The Hall–Kier alpha value is -2.37. The van der Waals surface area contributed by atoms with Crippen LogP contribution in [-0.2, 0) is 16.1 Å². The lowest BCUT2D eigenvalue weighted by Gasteiger charge is -2.33. The van der Waals surface area contributed by atoms with Crippen LogP contribution in [0.4, 0.5) is 5.69 Å². The Labute approximate surface area is 116 Å². The molecule has 0 saturated carbocycles. The highest BCUT2D eigenvalue weighted by Crippen LogP contribution is 2.29. The van der Waals surface area contributed by atoms with E-state index in [1.54, 1.807) is 12.1 Å². The second-order valence-electron chi connectivity index (χ2n) is 5.20. The summed E-state index contributed by atoms with van der Waals surface area (Å²) in [5.74, 6) is -0.691. The molecule has 0 aliphatic carbocycles. The SMILES string of the molecule is CN1C(=O)CCC(N2Cc3ccc(N)cc3C2=O)C1=O. The first-order valence-electron chi connectivity index (χ1n) is 6.49. The monoisotopic (exact) mass is 273 g/mol. The summed E-state index contributed by atoms with van der Waals surface area (Å²) in [4.78, 5) is 38.7. The maximum atomic E-state index is 12.4. The number of benzene rings is 1.